The van der Waals surface area contributed by atoms with Gasteiger partial charge in [0.15, 0.2) is 30.9 Å². The van der Waals surface area contributed by atoms with Crippen LogP contribution in [0.5, 0.6) is 0 Å². The zero-order valence-corrected chi connectivity index (χ0v) is 43.1. The number of methoxy groups -OCH3 is 3. The number of Topliss-reactive ketones (excluding diaryl/α,β-unsaturated/α-hetero) is 1. The molecule has 0 radical (unpaired) electrons. The van der Waals surface area contributed by atoms with Crippen LogP contribution in [0.25, 0.3) is 0 Å². The number of aliphatic hydroxyl groups is 8. The summed E-state index contributed by atoms with van der Waals surface area (Å²) >= 11 is 0. The van der Waals surface area contributed by atoms with Gasteiger partial charge in [-0.05, 0) is 85.0 Å². The summed E-state index contributed by atoms with van der Waals surface area (Å²) in [4.78, 5) is 25.6. The molecule has 0 spiro atoms. The van der Waals surface area contributed by atoms with Crippen LogP contribution in [0.2, 0.25) is 0 Å². The van der Waals surface area contributed by atoms with Gasteiger partial charge in [-0.1, -0.05) is 18.6 Å². The maximum atomic E-state index is 13.0. The van der Waals surface area contributed by atoms with Crippen molar-refractivity contribution >= 4 is 11.8 Å². The van der Waals surface area contributed by atoms with Gasteiger partial charge < -0.3 is 97.7 Å². The van der Waals surface area contributed by atoms with E-state index in [-0.39, 0.29) is 38.2 Å². The van der Waals surface area contributed by atoms with Crippen molar-refractivity contribution in [2.45, 2.75) is 246 Å². The van der Waals surface area contributed by atoms with Crippen molar-refractivity contribution in [1.82, 2.24) is 0 Å². The van der Waals surface area contributed by atoms with Gasteiger partial charge >= 0.3 is 5.97 Å². The van der Waals surface area contributed by atoms with Gasteiger partial charge in [-0.2, -0.15) is 0 Å². The minimum absolute atomic E-state index is 0.0398. The Morgan fingerprint density at radius 3 is 1.85 bits per heavy atom. The van der Waals surface area contributed by atoms with Gasteiger partial charge in [0.05, 0.1) is 48.6 Å². The number of carbonyl (C=O) groups excluding carboxylic acids is 2. The standard InChI is InChI=1S/C50H80O22/c1-22-40(70-35-19-30(62-9)41(23(2)65-35)71-45-39(57)43(63-10)42(24(3)66-45)72-44-38(56)37(55)36(54)31(21-51)69-44)29(61-8)18-34(64-22)68-28-12-13-46(6)27(17-28)11-14-49(59)32(46)20-33(67-26(5)53)47(7)48(58,25(4)52)15-16-50(47,49)60/h11,22-24,28-45,51,54-60H,12-21H2,1-10H3/t22-,23-,24-,28+,29+,30-,31-,32-,33-,34+,35+,36-,37+,38-,39-,40-,41-,42-,43-,44+,45+,46+,47-,48-,49+,50-/m1/s1. The predicted octanol–water partition coefficient (Wildman–Crippen LogP) is -0.198. The van der Waals surface area contributed by atoms with Crippen LogP contribution in [-0.2, 0) is 66.4 Å². The van der Waals surface area contributed by atoms with E-state index in [1.54, 1.807) is 27.9 Å². The molecule has 8 N–H and O–H groups in total. The fourth-order valence-electron chi connectivity index (χ4n) is 14.1. The number of esters is 1. The number of carbonyl (C=O) groups is 2. The number of ketones is 1. The summed E-state index contributed by atoms with van der Waals surface area (Å²) in [5, 5.41) is 89.5. The van der Waals surface area contributed by atoms with Gasteiger partial charge in [0.2, 0.25) is 0 Å². The van der Waals surface area contributed by atoms with E-state index in [0.29, 0.717) is 25.7 Å². The second kappa shape index (κ2) is 21.2. The van der Waals surface area contributed by atoms with Gasteiger partial charge in [0, 0.05) is 47.0 Å². The third kappa shape index (κ3) is 9.25. The van der Waals surface area contributed by atoms with Crippen molar-refractivity contribution in [2.24, 2.45) is 16.7 Å². The lowest BCUT2D eigenvalue weighted by Gasteiger charge is -2.67. The molecule has 22 heteroatoms. The molecule has 0 aromatic rings. The topological polar surface area (TPSA) is 307 Å². The average molecular weight is 1030 g/mol. The van der Waals surface area contributed by atoms with Crippen LogP contribution in [0, 0.1) is 16.7 Å². The van der Waals surface area contributed by atoms with Crippen LogP contribution in [-0.4, -0.2) is 220 Å². The van der Waals surface area contributed by atoms with E-state index >= 15 is 0 Å². The number of ether oxygens (including phenoxy) is 12. The first kappa shape index (κ1) is 56.3. The Hall–Kier alpha value is -1.88. The molecule has 22 nitrogen and oxygen atoms in total. The molecule has 4 saturated heterocycles. The van der Waals surface area contributed by atoms with E-state index < -0.39 is 169 Å². The lowest BCUT2D eigenvalue weighted by molar-refractivity contribution is -0.373. The fourth-order valence-corrected chi connectivity index (χ4v) is 14.1. The van der Waals surface area contributed by atoms with E-state index in [4.69, 9.17) is 56.8 Å². The molecule has 3 saturated carbocycles. The zero-order chi connectivity index (χ0) is 52.6. The molecule has 0 bridgehead atoms. The quantitative estimate of drug-likeness (QED) is 0.0826. The number of aliphatic hydroxyl groups excluding tert-OH is 5. The van der Waals surface area contributed by atoms with E-state index in [2.05, 4.69) is 6.92 Å². The summed E-state index contributed by atoms with van der Waals surface area (Å²) in [7, 11) is 4.48. The third-order valence-corrected chi connectivity index (χ3v) is 18.4. The minimum atomic E-state index is -2.01. The molecule has 0 aromatic heterocycles. The summed E-state index contributed by atoms with van der Waals surface area (Å²) in [6.45, 7) is 10.8. The van der Waals surface area contributed by atoms with Gasteiger partial charge in [-0.3, -0.25) is 9.59 Å². The summed E-state index contributed by atoms with van der Waals surface area (Å²) in [5.74, 6) is -1.71. The molecule has 4 aliphatic heterocycles. The first-order chi connectivity index (χ1) is 33.9. The first-order valence-corrected chi connectivity index (χ1v) is 25.6. The Morgan fingerprint density at radius 2 is 1.26 bits per heavy atom. The molecule has 8 rings (SSSR count). The predicted molar refractivity (Wildman–Crippen MR) is 245 cm³/mol. The molecular formula is C50H80O22. The zero-order valence-electron chi connectivity index (χ0n) is 43.1. The van der Waals surface area contributed by atoms with Crippen molar-refractivity contribution in [1.29, 1.82) is 0 Å². The Kier molecular flexibility index (Phi) is 16.6. The number of hydrogen-bond donors (Lipinski definition) is 8. The third-order valence-electron chi connectivity index (χ3n) is 18.4. The van der Waals surface area contributed by atoms with Gasteiger partial charge in [-0.15, -0.1) is 0 Å². The number of hydrogen-bond acceptors (Lipinski definition) is 22. The summed E-state index contributed by atoms with van der Waals surface area (Å²) in [6.07, 6.45) is -15.1. The number of fused-ring (bicyclic) bond motifs is 5. The maximum absolute atomic E-state index is 13.0. The minimum Gasteiger partial charge on any atom is -0.462 e. The lowest BCUT2D eigenvalue weighted by atomic mass is 9.42. The number of rotatable bonds is 14. The second-order valence-electron chi connectivity index (χ2n) is 22.1. The van der Waals surface area contributed by atoms with Gasteiger partial charge in [0.25, 0.3) is 0 Å². The average Bonchev–Trinajstić information content (AvgIpc) is 3.57. The second-order valence-corrected chi connectivity index (χ2v) is 22.1. The molecule has 72 heavy (non-hydrogen) atoms. The largest absolute Gasteiger partial charge is 0.462 e. The summed E-state index contributed by atoms with van der Waals surface area (Å²) < 4.78 is 73.5. The van der Waals surface area contributed by atoms with Crippen LogP contribution >= 0.6 is 0 Å². The highest BCUT2D eigenvalue weighted by Gasteiger charge is 2.81. The highest BCUT2D eigenvalue weighted by molar-refractivity contribution is 5.87. The molecule has 26 atom stereocenters. The van der Waals surface area contributed by atoms with Crippen molar-refractivity contribution in [3.63, 3.8) is 0 Å². The Morgan fingerprint density at radius 1 is 0.681 bits per heavy atom. The molecule has 4 aliphatic carbocycles. The fraction of sp³-hybridized carbons (Fsp3) is 0.920. The summed E-state index contributed by atoms with van der Waals surface area (Å²) in [6, 6.07) is 0. The maximum Gasteiger partial charge on any atom is 0.302 e. The SMILES string of the molecule is CO[C@@H]1[C@@H](O)[C@H](O[C@@H]2[C@@H](C)O[C@@H](O[C@H]3[C@@H](OC)C[C@H](O[C@H]4CC[C@@]5(C)C(=CC[C@]6(O)[C@@H]5C[C@@H](OC(C)=O)[C@@]5(C)[C@]6(O)CC[C@@]5(O)C(C)=O)C4)O[C@@H]3C)C[C@H]2OC)O[C@H](C)[C@H]1O[C@@H]1O[C@H](CO)[C@@H](O)[C@H](O)[C@H]1O. The highest BCUT2D eigenvalue weighted by Crippen LogP contribution is 2.71. The Balaban J connectivity index is 0.872. The van der Waals surface area contributed by atoms with E-state index in [0.717, 1.165) is 5.57 Å². The van der Waals surface area contributed by atoms with E-state index in [9.17, 15) is 50.4 Å². The molecule has 7 fully saturated rings. The molecule has 8 aliphatic rings. The van der Waals surface area contributed by atoms with Crippen LogP contribution in [0.4, 0.5) is 0 Å². The van der Waals surface area contributed by atoms with Crippen LogP contribution in [0.15, 0.2) is 11.6 Å². The monoisotopic (exact) mass is 1030 g/mol. The van der Waals surface area contributed by atoms with Crippen molar-refractivity contribution in [2.75, 3.05) is 27.9 Å². The van der Waals surface area contributed by atoms with Crippen LogP contribution in [0.3, 0.4) is 0 Å². The van der Waals surface area contributed by atoms with E-state index in [1.807, 2.05) is 13.0 Å². The lowest BCUT2D eigenvalue weighted by Crippen LogP contribution is -2.78. The van der Waals surface area contributed by atoms with Crippen LogP contribution < -0.4 is 0 Å². The Bertz CT molecular complexity index is 1960. The molecular weight excluding hydrogens is 953 g/mol. The van der Waals surface area contributed by atoms with Crippen molar-refractivity contribution < 1.29 is 107 Å². The smallest absolute Gasteiger partial charge is 0.302 e. The highest BCUT2D eigenvalue weighted by atomic mass is 16.8. The summed E-state index contributed by atoms with van der Waals surface area (Å²) in [5.41, 5.74) is -6.88. The van der Waals surface area contributed by atoms with Gasteiger partial charge in [-0.25, -0.2) is 0 Å². The van der Waals surface area contributed by atoms with Crippen molar-refractivity contribution in [3.8, 4) is 0 Å². The molecule has 0 aromatic carbocycles. The molecule has 0 unspecified atom stereocenters. The Labute approximate surface area is 420 Å². The van der Waals surface area contributed by atoms with Crippen molar-refractivity contribution in [3.05, 3.63) is 11.6 Å². The van der Waals surface area contributed by atoms with E-state index in [1.165, 1.54) is 28.1 Å². The van der Waals surface area contributed by atoms with Gasteiger partial charge in [0.1, 0.15) is 77.8 Å². The normalized spacial score (nSPS) is 52.6. The van der Waals surface area contributed by atoms with Crippen LogP contribution in [0.1, 0.15) is 106 Å². The molecule has 0 amide bonds. The molecule has 4 heterocycles. The first-order valence-electron chi connectivity index (χ1n) is 25.6. The molecule has 412 valence electrons.